The van der Waals surface area contributed by atoms with Crippen molar-refractivity contribution in [3.63, 3.8) is 0 Å². The predicted octanol–water partition coefficient (Wildman–Crippen LogP) is 2.12. The molecule has 5 heteroatoms. The van der Waals surface area contributed by atoms with Gasteiger partial charge in [-0.2, -0.15) is 5.26 Å². The molecule has 1 N–H and O–H groups in total. The molecule has 0 aliphatic heterocycles. The van der Waals surface area contributed by atoms with Gasteiger partial charge in [-0.3, -0.25) is 4.57 Å². The normalized spacial score (nSPS) is 10.2. The highest BCUT2D eigenvalue weighted by Crippen LogP contribution is 2.23. The fourth-order valence-electron chi connectivity index (χ4n) is 1.71. The molecule has 86 valence electrons. The van der Waals surface area contributed by atoms with Crippen molar-refractivity contribution in [1.82, 2.24) is 14.9 Å². The van der Waals surface area contributed by atoms with E-state index in [1.54, 1.807) is 17.0 Å². The molecule has 0 saturated carbocycles. The van der Waals surface area contributed by atoms with Crippen LogP contribution in [0.2, 0.25) is 5.02 Å². The summed E-state index contributed by atoms with van der Waals surface area (Å²) < 4.78 is 1.73. The fourth-order valence-corrected chi connectivity index (χ4v) is 1.94. The number of aromatic nitrogens is 2. The van der Waals surface area contributed by atoms with E-state index in [4.69, 9.17) is 16.9 Å². The second-order valence-electron chi connectivity index (χ2n) is 3.50. The third-order valence-corrected chi connectivity index (χ3v) is 2.80. The van der Waals surface area contributed by atoms with E-state index in [1.807, 2.05) is 25.2 Å². The molecule has 2 rings (SSSR count). The van der Waals surface area contributed by atoms with Gasteiger partial charge in [0.05, 0.1) is 5.69 Å². The Morgan fingerprint density at radius 1 is 1.53 bits per heavy atom. The smallest absolute Gasteiger partial charge is 0.217 e. The molecule has 0 radical (unpaired) electrons. The van der Waals surface area contributed by atoms with Crippen LogP contribution < -0.4 is 5.32 Å². The number of hydrogen-bond acceptors (Lipinski definition) is 3. The number of halogens is 1. The largest absolute Gasteiger partial charge is 0.316 e. The molecule has 0 unspecified atom stereocenters. The van der Waals surface area contributed by atoms with Gasteiger partial charge in [0.1, 0.15) is 6.07 Å². The zero-order valence-corrected chi connectivity index (χ0v) is 10.1. The van der Waals surface area contributed by atoms with Crippen LogP contribution in [-0.4, -0.2) is 16.6 Å². The van der Waals surface area contributed by atoms with Crippen LogP contribution in [0.5, 0.6) is 0 Å². The van der Waals surface area contributed by atoms with Crippen molar-refractivity contribution in [2.45, 2.75) is 6.54 Å². The van der Waals surface area contributed by atoms with Gasteiger partial charge in [0.15, 0.2) is 0 Å². The second-order valence-corrected chi connectivity index (χ2v) is 3.91. The van der Waals surface area contributed by atoms with Crippen molar-refractivity contribution in [3.8, 4) is 11.8 Å². The number of nitrogens with one attached hydrogen (secondary N) is 1. The number of nitriles is 1. The van der Waals surface area contributed by atoms with Gasteiger partial charge in [-0.1, -0.05) is 17.7 Å². The van der Waals surface area contributed by atoms with Gasteiger partial charge in [0.2, 0.25) is 5.82 Å². The van der Waals surface area contributed by atoms with Crippen molar-refractivity contribution in [2.24, 2.45) is 0 Å². The molecule has 1 aromatic carbocycles. The molecule has 0 fully saturated rings. The molecule has 1 aromatic heterocycles. The minimum absolute atomic E-state index is 0.351. The Morgan fingerprint density at radius 3 is 3.06 bits per heavy atom. The molecule has 1 heterocycles. The summed E-state index contributed by atoms with van der Waals surface area (Å²) in [5.41, 5.74) is 1.83. The van der Waals surface area contributed by atoms with E-state index in [0.29, 0.717) is 17.4 Å². The van der Waals surface area contributed by atoms with Crippen molar-refractivity contribution in [3.05, 3.63) is 47.0 Å². The molecule has 2 aromatic rings. The van der Waals surface area contributed by atoms with E-state index in [2.05, 4.69) is 16.4 Å². The maximum Gasteiger partial charge on any atom is 0.217 e. The quantitative estimate of drug-likeness (QED) is 0.903. The van der Waals surface area contributed by atoms with Gasteiger partial charge in [0, 0.05) is 29.5 Å². The van der Waals surface area contributed by atoms with Gasteiger partial charge in [0.25, 0.3) is 0 Å². The van der Waals surface area contributed by atoms with Crippen LogP contribution >= 0.6 is 11.6 Å². The van der Waals surface area contributed by atoms with Crippen molar-refractivity contribution in [1.29, 1.82) is 5.26 Å². The topological polar surface area (TPSA) is 53.6 Å². The van der Waals surface area contributed by atoms with Crippen LogP contribution in [0, 0.1) is 11.3 Å². The highest BCUT2D eigenvalue weighted by Gasteiger charge is 2.10. The van der Waals surface area contributed by atoms with E-state index in [9.17, 15) is 0 Å². The number of hydrogen-bond donors (Lipinski definition) is 1. The fraction of sp³-hybridized carbons (Fsp3) is 0.167. The van der Waals surface area contributed by atoms with E-state index in [1.165, 1.54) is 0 Å². The summed E-state index contributed by atoms with van der Waals surface area (Å²) in [5, 5.41) is 12.7. The van der Waals surface area contributed by atoms with Gasteiger partial charge < -0.3 is 5.32 Å². The van der Waals surface area contributed by atoms with Crippen LogP contribution in [0.3, 0.4) is 0 Å². The zero-order valence-electron chi connectivity index (χ0n) is 9.31. The third-order valence-electron chi connectivity index (χ3n) is 2.45. The Kier molecular flexibility index (Phi) is 3.43. The molecule has 0 bridgehead atoms. The van der Waals surface area contributed by atoms with Crippen molar-refractivity contribution < 1.29 is 0 Å². The van der Waals surface area contributed by atoms with Gasteiger partial charge in [-0.05, 0) is 19.2 Å². The summed E-state index contributed by atoms with van der Waals surface area (Å²) in [6.45, 7) is 0.637. The first-order valence-electron chi connectivity index (χ1n) is 5.13. The average molecular weight is 247 g/mol. The number of imidazole rings is 1. The highest BCUT2D eigenvalue weighted by molar-refractivity contribution is 6.31. The Labute approximate surface area is 104 Å². The summed E-state index contributed by atoms with van der Waals surface area (Å²) in [4.78, 5) is 3.98. The molecular weight excluding hydrogens is 236 g/mol. The van der Waals surface area contributed by atoms with E-state index in [-0.39, 0.29) is 0 Å². The first-order chi connectivity index (χ1) is 8.27. The molecule has 17 heavy (non-hydrogen) atoms. The molecule has 0 aliphatic carbocycles. The number of rotatable bonds is 3. The minimum atomic E-state index is 0.351. The van der Waals surface area contributed by atoms with Crippen molar-refractivity contribution >= 4 is 11.6 Å². The Balaban J connectivity index is 2.60. The Hall–Kier alpha value is -1.83. The first-order valence-corrected chi connectivity index (χ1v) is 5.51. The average Bonchev–Trinajstić information content (AvgIpc) is 2.80. The SMILES string of the molecule is CNCc1c(Cl)cccc1-n1ccnc1C#N. The van der Waals surface area contributed by atoms with Crippen LogP contribution in [0.25, 0.3) is 5.69 Å². The molecule has 0 saturated heterocycles. The first kappa shape index (κ1) is 11.6. The van der Waals surface area contributed by atoms with Gasteiger partial charge >= 0.3 is 0 Å². The number of benzene rings is 1. The van der Waals surface area contributed by atoms with E-state index in [0.717, 1.165) is 11.3 Å². The summed E-state index contributed by atoms with van der Waals surface area (Å²) in [6, 6.07) is 7.66. The lowest BCUT2D eigenvalue weighted by Crippen LogP contribution is -2.10. The monoisotopic (exact) mass is 246 g/mol. The van der Waals surface area contributed by atoms with Crippen molar-refractivity contribution in [2.75, 3.05) is 7.05 Å². The maximum atomic E-state index is 8.98. The lowest BCUT2D eigenvalue weighted by Gasteiger charge is -2.12. The molecule has 0 atom stereocenters. The molecular formula is C12H11ClN4. The molecule has 0 spiro atoms. The maximum absolute atomic E-state index is 8.98. The zero-order chi connectivity index (χ0) is 12.3. The lowest BCUT2D eigenvalue weighted by atomic mass is 10.1. The predicted molar refractivity (Wildman–Crippen MR) is 66.1 cm³/mol. The molecule has 0 amide bonds. The summed E-state index contributed by atoms with van der Waals surface area (Å²) in [7, 11) is 1.85. The summed E-state index contributed by atoms with van der Waals surface area (Å²) in [6.07, 6.45) is 3.35. The van der Waals surface area contributed by atoms with E-state index < -0.39 is 0 Å². The van der Waals surface area contributed by atoms with Gasteiger partial charge in [-0.25, -0.2) is 4.98 Å². The Morgan fingerprint density at radius 2 is 2.35 bits per heavy atom. The van der Waals surface area contributed by atoms with Gasteiger partial charge in [-0.15, -0.1) is 0 Å². The van der Waals surface area contributed by atoms with E-state index >= 15 is 0 Å². The third kappa shape index (κ3) is 2.16. The number of nitrogens with zero attached hydrogens (tertiary/aromatic N) is 3. The van der Waals surface area contributed by atoms with Crippen LogP contribution in [0.4, 0.5) is 0 Å². The van der Waals surface area contributed by atoms with Crippen LogP contribution in [0.1, 0.15) is 11.4 Å². The highest BCUT2D eigenvalue weighted by atomic mass is 35.5. The summed E-state index contributed by atoms with van der Waals surface area (Å²) in [5.74, 6) is 0.351. The summed E-state index contributed by atoms with van der Waals surface area (Å²) >= 11 is 6.16. The second kappa shape index (κ2) is 5.00. The molecule has 4 nitrogen and oxygen atoms in total. The standard InChI is InChI=1S/C12H11ClN4/c1-15-8-9-10(13)3-2-4-11(9)17-6-5-16-12(17)7-14/h2-6,15H,8H2,1H3. The molecule has 0 aliphatic rings. The lowest BCUT2D eigenvalue weighted by molar-refractivity contribution is 0.806. The van der Waals surface area contributed by atoms with Crippen LogP contribution in [-0.2, 0) is 6.54 Å². The Bertz CT molecular complexity index is 568. The van der Waals surface area contributed by atoms with Crippen LogP contribution in [0.15, 0.2) is 30.6 Å². The minimum Gasteiger partial charge on any atom is -0.316 e.